The zero-order chi connectivity index (χ0) is 17.9. The molecule has 0 aliphatic heterocycles. The minimum Gasteiger partial charge on any atom is -0.467 e. The van der Waals surface area contributed by atoms with Crippen molar-refractivity contribution in [3.05, 3.63) is 48.6 Å². The lowest BCUT2D eigenvalue weighted by Crippen LogP contribution is -2.51. The van der Waals surface area contributed by atoms with E-state index in [2.05, 4.69) is 17.2 Å². The summed E-state index contributed by atoms with van der Waals surface area (Å²) in [6.45, 7) is 4.95. The molecule has 24 heavy (non-hydrogen) atoms. The number of carbonyl (C=O) groups excluding carboxylic acids is 3. The van der Waals surface area contributed by atoms with Gasteiger partial charge in [0.15, 0.2) is 0 Å². The van der Waals surface area contributed by atoms with Gasteiger partial charge in [-0.3, -0.25) is 4.79 Å². The molecule has 7 heteroatoms. The molecule has 0 heterocycles. The molecule has 0 saturated carbocycles. The Kier molecular flexibility index (Phi) is 8.04. The van der Waals surface area contributed by atoms with Gasteiger partial charge in [-0.15, -0.1) is 0 Å². The van der Waals surface area contributed by atoms with Crippen LogP contribution in [0.1, 0.15) is 12.5 Å². The Bertz CT molecular complexity index is 574. The molecule has 2 amide bonds. The van der Waals surface area contributed by atoms with Gasteiger partial charge in [0.2, 0.25) is 5.91 Å². The van der Waals surface area contributed by atoms with E-state index in [4.69, 9.17) is 9.47 Å². The molecule has 0 spiro atoms. The number of carbonyl (C=O) groups is 3. The first-order valence-electron chi connectivity index (χ1n) is 7.44. The number of methoxy groups -OCH3 is 1. The Morgan fingerprint density at radius 3 is 2.46 bits per heavy atom. The molecule has 0 bridgehead atoms. The van der Waals surface area contributed by atoms with E-state index in [1.54, 1.807) is 0 Å². The number of alkyl carbamates (subject to hydrolysis) is 1. The molecule has 2 N–H and O–H groups in total. The van der Waals surface area contributed by atoms with Crippen molar-refractivity contribution in [1.82, 2.24) is 10.6 Å². The number of benzene rings is 1. The molecule has 0 aliphatic carbocycles. The SMILES string of the molecule is C=CCOC(=O)N[C@@H](C)C(=O)N[C@@H](Cc1ccccc1)C(=O)OC. The van der Waals surface area contributed by atoms with Crippen molar-refractivity contribution in [3.63, 3.8) is 0 Å². The standard InChI is InChI=1S/C17H22N2O5/c1-4-10-24-17(22)18-12(2)15(20)19-14(16(21)23-3)11-13-8-6-5-7-9-13/h4-9,12,14H,1,10-11H2,2-3H3,(H,18,22)(H,19,20)/t12-,14-/m0/s1. The maximum atomic E-state index is 12.2. The van der Waals surface area contributed by atoms with Crippen molar-refractivity contribution in [2.75, 3.05) is 13.7 Å². The molecule has 0 unspecified atom stereocenters. The monoisotopic (exact) mass is 334 g/mol. The van der Waals surface area contributed by atoms with Crippen LogP contribution in [0.4, 0.5) is 4.79 Å². The molecular formula is C17H22N2O5. The Hall–Kier alpha value is -2.83. The highest BCUT2D eigenvalue weighted by molar-refractivity contribution is 5.89. The number of amides is 2. The van der Waals surface area contributed by atoms with E-state index < -0.39 is 30.1 Å². The normalized spacial score (nSPS) is 12.4. The van der Waals surface area contributed by atoms with Crippen LogP contribution in [0, 0.1) is 0 Å². The van der Waals surface area contributed by atoms with Gasteiger partial charge in [-0.25, -0.2) is 9.59 Å². The van der Waals surface area contributed by atoms with Crippen molar-refractivity contribution >= 4 is 18.0 Å². The molecule has 1 rings (SSSR count). The molecule has 0 radical (unpaired) electrons. The summed E-state index contributed by atoms with van der Waals surface area (Å²) in [5.41, 5.74) is 0.874. The fourth-order valence-corrected chi connectivity index (χ4v) is 1.90. The van der Waals surface area contributed by atoms with Gasteiger partial charge in [-0.05, 0) is 12.5 Å². The molecule has 0 aromatic heterocycles. The fraction of sp³-hybridized carbons (Fsp3) is 0.353. The average Bonchev–Trinajstić information content (AvgIpc) is 2.59. The zero-order valence-electron chi connectivity index (χ0n) is 13.8. The van der Waals surface area contributed by atoms with Crippen LogP contribution < -0.4 is 10.6 Å². The number of rotatable bonds is 8. The van der Waals surface area contributed by atoms with E-state index in [0.717, 1.165) is 5.56 Å². The van der Waals surface area contributed by atoms with Gasteiger partial charge < -0.3 is 20.1 Å². The topological polar surface area (TPSA) is 93.7 Å². The minimum atomic E-state index is -0.870. The summed E-state index contributed by atoms with van der Waals surface area (Å²) in [4.78, 5) is 35.5. The maximum Gasteiger partial charge on any atom is 0.408 e. The predicted octanol–water partition coefficient (Wildman–Crippen LogP) is 1.19. The van der Waals surface area contributed by atoms with Crippen molar-refractivity contribution < 1.29 is 23.9 Å². The van der Waals surface area contributed by atoms with Crippen molar-refractivity contribution in [2.45, 2.75) is 25.4 Å². The molecule has 1 aromatic carbocycles. The summed E-state index contributed by atoms with van der Waals surface area (Å²) in [6, 6.07) is 7.50. The van der Waals surface area contributed by atoms with Crippen LogP contribution in [0.2, 0.25) is 0 Å². The fourth-order valence-electron chi connectivity index (χ4n) is 1.90. The highest BCUT2D eigenvalue weighted by atomic mass is 16.5. The van der Waals surface area contributed by atoms with E-state index in [-0.39, 0.29) is 13.0 Å². The van der Waals surface area contributed by atoms with Crippen LogP contribution >= 0.6 is 0 Å². The quantitative estimate of drug-likeness (QED) is 0.550. The Morgan fingerprint density at radius 1 is 1.21 bits per heavy atom. The van der Waals surface area contributed by atoms with E-state index >= 15 is 0 Å². The van der Waals surface area contributed by atoms with Gasteiger partial charge in [-0.2, -0.15) is 0 Å². The molecule has 0 saturated heterocycles. The summed E-state index contributed by atoms with van der Waals surface area (Å²) in [5, 5.41) is 4.94. The van der Waals surface area contributed by atoms with Crippen LogP contribution in [-0.2, 0) is 25.5 Å². The van der Waals surface area contributed by atoms with Crippen LogP contribution in [0.15, 0.2) is 43.0 Å². The summed E-state index contributed by atoms with van der Waals surface area (Å²) < 4.78 is 9.46. The van der Waals surface area contributed by atoms with E-state index in [1.807, 2.05) is 30.3 Å². The summed E-state index contributed by atoms with van der Waals surface area (Å²) in [5.74, 6) is -1.08. The first kappa shape index (κ1) is 19.2. The Labute approximate surface area is 141 Å². The average molecular weight is 334 g/mol. The molecule has 0 aliphatic rings. The zero-order valence-corrected chi connectivity index (χ0v) is 13.8. The van der Waals surface area contributed by atoms with E-state index in [0.29, 0.717) is 0 Å². The lowest BCUT2D eigenvalue weighted by molar-refractivity contribution is -0.145. The smallest absolute Gasteiger partial charge is 0.408 e. The van der Waals surface area contributed by atoms with Gasteiger partial charge >= 0.3 is 12.1 Å². The van der Waals surface area contributed by atoms with Gasteiger partial charge in [0, 0.05) is 6.42 Å². The van der Waals surface area contributed by atoms with Crippen LogP contribution in [0.5, 0.6) is 0 Å². The highest BCUT2D eigenvalue weighted by Crippen LogP contribution is 2.05. The molecule has 7 nitrogen and oxygen atoms in total. The Morgan fingerprint density at radius 2 is 1.88 bits per heavy atom. The van der Waals surface area contributed by atoms with Gasteiger partial charge in [0.25, 0.3) is 0 Å². The van der Waals surface area contributed by atoms with Crippen molar-refractivity contribution in [1.29, 1.82) is 0 Å². The van der Waals surface area contributed by atoms with Gasteiger partial charge in [-0.1, -0.05) is 43.0 Å². The van der Waals surface area contributed by atoms with Crippen molar-refractivity contribution in [2.24, 2.45) is 0 Å². The first-order valence-corrected chi connectivity index (χ1v) is 7.44. The number of nitrogens with one attached hydrogen (secondary N) is 2. The van der Waals surface area contributed by atoms with Crippen LogP contribution in [0.3, 0.4) is 0 Å². The van der Waals surface area contributed by atoms with Gasteiger partial charge in [0.05, 0.1) is 7.11 Å². The third-order valence-electron chi connectivity index (χ3n) is 3.14. The lowest BCUT2D eigenvalue weighted by Gasteiger charge is -2.20. The third-order valence-corrected chi connectivity index (χ3v) is 3.14. The predicted molar refractivity (Wildman–Crippen MR) is 88.2 cm³/mol. The summed E-state index contributed by atoms with van der Waals surface area (Å²) in [6.07, 6.45) is 0.958. The number of esters is 1. The highest BCUT2D eigenvalue weighted by Gasteiger charge is 2.25. The van der Waals surface area contributed by atoms with Crippen LogP contribution in [0.25, 0.3) is 0 Å². The third kappa shape index (κ3) is 6.51. The molecule has 1 aromatic rings. The largest absolute Gasteiger partial charge is 0.467 e. The molecular weight excluding hydrogens is 312 g/mol. The number of ether oxygens (including phenoxy) is 2. The summed E-state index contributed by atoms with van der Waals surface area (Å²) >= 11 is 0. The first-order chi connectivity index (χ1) is 11.5. The number of hydrogen-bond donors (Lipinski definition) is 2. The van der Waals surface area contributed by atoms with Crippen molar-refractivity contribution in [3.8, 4) is 0 Å². The minimum absolute atomic E-state index is 0.0406. The molecule has 2 atom stereocenters. The lowest BCUT2D eigenvalue weighted by atomic mass is 10.1. The van der Waals surface area contributed by atoms with Gasteiger partial charge in [0.1, 0.15) is 18.7 Å². The second-order valence-corrected chi connectivity index (χ2v) is 5.03. The Balaban J connectivity index is 2.65. The second-order valence-electron chi connectivity index (χ2n) is 5.03. The second kappa shape index (κ2) is 10.0. The maximum absolute atomic E-state index is 12.2. The molecule has 0 fully saturated rings. The molecule has 130 valence electrons. The van der Waals surface area contributed by atoms with Crippen LogP contribution in [-0.4, -0.2) is 43.8 Å². The summed E-state index contributed by atoms with van der Waals surface area (Å²) in [7, 11) is 1.25. The van der Waals surface area contributed by atoms with E-state index in [9.17, 15) is 14.4 Å². The number of hydrogen-bond acceptors (Lipinski definition) is 5. The van der Waals surface area contributed by atoms with E-state index in [1.165, 1.54) is 20.1 Å².